The number of alkyl carbamates (subject to hydrolysis) is 1. The monoisotopic (exact) mass is 367 g/mol. The van der Waals surface area contributed by atoms with Gasteiger partial charge in [-0.1, -0.05) is 0 Å². The van der Waals surface area contributed by atoms with E-state index in [2.05, 4.69) is 15.8 Å². The van der Waals surface area contributed by atoms with Gasteiger partial charge in [-0.3, -0.25) is 4.98 Å². The van der Waals surface area contributed by atoms with Gasteiger partial charge in [0.25, 0.3) is 0 Å². The number of ether oxygens (including phenoxy) is 1. The first-order chi connectivity index (χ1) is 12.2. The summed E-state index contributed by atoms with van der Waals surface area (Å²) in [6, 6.07) is 2.99. The molecule has 0 aliphatic heterocycles. The largest absolute Gasteiger partial charge is 0.444 e. The molecule has 7 nitrogen and oxygen atoms in total. The van der Waals surface area contributed by atoms with Crippen molar-refractivity contribution in [2.45, 2.75) is 26.4 Å². The van der Waals surface area contributed by atoms with E-state index >= 15 is 0 Å². The van der Waals surface area contributed by atoms with E-state index in [1.807, 2.05) is 0 Å². The van der Waals surface area contributed by atoms with Crippen molar-refractivity contribution in [3.8, 4) is 0 Å². The number of nitrogens with one attached hydrogen (secondary N) is 2. The van der Waals surface area contributed by atoms with Crippen molar-refractivity contribution >= 4 is 23.0 Å². The maximum absolute atomic E-state index is 13.7. The summed E-state index contributed by atoms with van der Waals surface area (Å²) in [5.41, 5.74) is 1.85. The van der Waals surface area contributed by atoms with Crippen LogP contribution in [0.1, 0.15) is 31.1 Å². The quantitative estimate of drug-likeness (QED) is 0.624. The predicted octanol–water partition coefficient (Wildman–Crippen LogP) is 2.70. The zero-order valence-corrected chi connectivity index (χ0v) is 14.6. The molecule has 1 amide bonds. The smallest absolute Gasteiger partial charge is 0.407 e. The highest BCUT2D eigenvalue weighted by molar-refractivity contribution is 5.93. The summed E-state index contributed by atoms with van der Waals surface area (Å²) in [5.74, 6) is -2.37. The highest BCUT2D eigenvalue weighted by Gasteiger charge is 2.16. The molecule has 1 aromatic carbocycles. The predicted molar refractivity (Wildman–Crippen MR) is 89.3 cm³/mol. The topological polar surface area (TPSA) is 89.5 Å². The number of hydroxylamine groups is 1. The molecule has 26 heavy (non-hydrogen) atoms. The molecule has 0 fully saturated rings. The molecule has 0 aliphatic carbocycles. The van der Waals surface area contributed by atoms with Gasteiger partial charge in [0.1, 0.15) is 17.2 Å². The van der Waals surface area contributed by atoms with Crippen molar-refractivity contribution in [2.75, 3.05) is 13.1 Å². The zero-order chi connectivity index (χ0) is 19.3. The molecule has 0 saturated carbocycles. The summed E-state index contributed by atoms with van der Waals surface area (Å²) >= 11 is 0. The van der Waals surface area contributed by atoms with Gasteiger partial charge in [-0.05, 0) is 26.8 Å². The van der Waals surface area contributed by atoms with Crippen molar-refractivity contribution in [1.29, 1.82) is 0 Å². The highest BCUT2D eigenvalue weighted by Crippen LogP contribution is 2.19. The lowest BCUT2D eigenvalue weighted by Gasteiger charge is -2.19. The summed E-state index contributed by atoms with van der Waals surface area (Å²) in [7, 11) is 0. The molecule has 0 saturated heterocycles. The summed E-state index contributed by atoms with van der Waals surface area (Å²) in [4.78, 5) is 32.0. The lowest BCUT2D eigenvalue weighted by Crippen LogP contribution is -2.36. The first-order valence-corrected chi connectivity index (χ1v) is 7.81. The molecule has 2 rings (SSSR count). The summed E-state index contributed by atoms with van der Waals surface area (Å²) in [6.45, 7) is 5.50. The Bertz CT molecular complexity index is 821. The van der Waals surface area contributed by atoms with Crippen molar-refractivity contribution in [3.05, 3.63) is 41.6 Å². The van der Waals surface area contributed by atoms with Crippen LogP contribution in [-0.2, 0) is 9.57 Å². The lowest BCUT2D eigenvalue weighted by atomic mass is 10.1. The van der Waals surface area contributed by atoms with Crippen molar-refractivity contribution in [2.24, 2.45) is 0 Å². The molecular formula is C17H19F2N3O4. The van der Waals surface area contributed by atoms with E-state index in [1.165, 1.54) is 6.07 Å². The third-order valence-electron chi connectivity index (χ3n) is 3.01. The van der Waals surface area contributed by atoms with Gasteiger partial charge in [0.2, 0.25) is 0 Å². The van der Waals surface area contributed by atoms with Gasteiger partial charge in [0, 0.05) is 36.8 Å². The van der Waals surface area contributed by atoms with Crippen LogP contribution < -0.4 is 10.8 Å². The maximum Gasteiger partial charge on any atom is 0.407 e. The van der Waals surface area contributed by atoms with E-state index in [1.54, 1.807) is 20.8 Å². The summed E-state index contributed by atoms with van der Waals surface area (Å²) in [5, 5.41) is 2.48. The van der Waals surface area contributed by atoms with Crippen molar-refractivity contribution in [3.63, 3.8) is 0 Å². The Morgan fingerprint density at radius 1 is 1.15 bits per heavy atom. The third-order valence-corrected chi connectivity index (χ3v) is 3.01. The lowest BCUT2D eigenvalue weighted by molar-refractivity contribution is 0.0252. The fraction of sp³-hybridized carbons (Fsp3) is 0.353. The van der Waals surface area contributed by atoms with Gasteiger partial charge < -0.3 is 14.9 Å². The summed E-state index contributed by atoms with van der Waals surface area (Å²) < 4.78 is 31.9. The number of benzene rings is 1. The third kappa shape index (κ3) is 5.62. The maximum atomic E-state index is 13.7. The minimum absolute atomic E-state index is 0.00407. The minimum atomic E-state index is -0.823. The van der Waals surface area contributed by atoms with E-state index in [9.17, 15) is 18.4 Å². The van der Waals surface area contributed by atoms with E-state index in [4.69, 9.17) is 9.57 Å². The van der Waals surface area contributed by atoms with Gasteiger partial charge in [0.05, 0.1) is 11.1 Å². The number of rotatable bonds is 5. The van der Waals surface area contributed by atoms with E-state index < -0.39 is 29.3 Å². The van der Waals surface area contributed by atoms with Gasteiger partial charge in [0.15, 0.2) is 0 Å². The number of nitrogens with zero attached hydrogens (tertiary/aromatic N) is 1. The molecular weight excluding hydrogens is 348 g/mol. The van der Waals surface area contributed by atoms with E-state index in [-0.39, 0.29) is 29.6 Å². The SMILES string of the molecule is CC(C)(C)OC(=O)NCCNOC(=O)c1cnc2cc(F)cc(F)c2c1. The number of pyridine rings is 1. The Balaban J connectivity index is 1.83. The Hall–Kier alpha value is -2.81. The Morgan fingerprint density at radius 3 is 2.58 bits per heavy atom. The van der Waals surface area contributed by atoms with Gasteiger partial charge in [-0.15, -0.1) is 0 Å². The molecule has 0 atom stereocenters. The molecule has 0 aliphatic rings. The van der Waals surface area contributed by atoms with Crippen LogP contribution in [-0.4, -0.2) is 35.7 Å². The first-order valence-electron chi connectivity index (χ1n) is 7.81. The number of carbonyl (C=O) groups excluding carboxylic acids is 2. The average molecular weight is 367 g/mol. The molecule has 0 spiro atoms. The van der Waals surface area contributed by atoms with Crippen molar-refractivity contribution in [1.82, 2.24) is 15.8 Å². The Kier molecular flexibility index (Phi) is 6.04. The second-order valence-corrected chi connectivity index (χ2v) is 6.39. The second-order valence-electron chi connectivity index (χ2n) is 6.39. The van der Waals surface area contributed by atoms with Crippen molar-refractivity contribution < 1.29 is 27.9 Å². The average Bonchev–Trinajstić information content (AvgIpc) is 2.52. The fourth-order valence-electron chi connectivity index (χ4n) is 1.97. The highest BCUT2D eigenvalue weighted by atomic mass is 19.1. The molecule has 1 heterocycles. The van der Waals surface area contributed by atoms with E-state index in [0.29, 0.717) is 6.07 Å². The van der Waals surface area contributed by atoms with Gasteiger partial charge >= 0.3 is 12.1 Å². The molecule has 2 N–H and O–H groups in total. The number of aromatic nitrogens is 1. The van der Waals surface area contributed by atoms with Crippen LogP contribution in [0.25, 0.3) is 10.9 Å². The zero-order valence-electron chi connectivity index (χ0n) is 14.6. The first kappa shape index (κ1) is 19.5. The number of hydrogen-bond acceptors (Lipinski definition) is 6. The van der Waals surface area contributed by atoms with Crippen LogP contribution in [0, 0.1) is 11.6 Å². The molecule has 2 aromatic rings. The number of carbonyl (C=O) groups is 2. The number of fused-ring (bicyclic) bond motifs is 1. The Morgan fingerprint density at radius 2 is 1.88 bits per heavy atom. The van der Waals surface area contributed by atoms with Gasteiger partial charge in [-0.2, -0.15) is 5.48 Å². The standard InChI is InChI=1S/C17H19F2N3O4/c1-17(2,3)25-16(24)20-4-5-22-26-15(23)10-6-12-13(19)7-11(18)8-14(12)21-9-10/h6-9,22H,4-5H2,1-3H3,(H,20,24). The van der Waals surface area contributed by atoms with Gasteiger partial charge in [-0.25, -0.2) is 18.4 Å². The molecule has 9 heteroatoms. The fourth-order valence-corrected chi connectivity index (χ4v) is 1.97. The summed E-state index contributed by atoms with van der Waals surface area (Å²) in [6.07, 6.45) is 0.566. The van der Waals surface area contributed by atoms with Crippen LogP contribution in [0.3, 0.4) is 0 Å². The minimum Gasteiger partial charge on any atom is -0.444 e. The van der Waals surface area contributed by atoms with Crippen LogP contribution >= 0.6 is 0 Å². The second kappa shape index (κ2) is 8.05. The van der Waals surface area contributed by atoms with E-state index in [0.717, 1.165) is 12.3 Å². The van der Waals surface area contributed by atoms with Crippen LogP contribution in [0.2, 0.25) is 0 Å². The van der Waals surface area contributed by atoms with Crippen LogP contribution in [0.5, 0.6) is 0 Å². The molecule has 0 bridgehead atoms. The number of hydrogen-bond donors (Lipinski definition) is 2. The number of halogens is 2. The van der Waals surface area contributed by atoms with Crippen LogP contribution in [0.4, 0.5) is 13.6 Å². The molecule has 1 aromatic heterocycles. The normalized spacial score (nSPS) is 11.3. The molecule has 0 unspecified atom stereocenters. The molecule has 140 valence electrons. The number of amides is 1. The van der Waals surface area contributed by atoms with Crippen LogP contribution in [0.15, 0.2) is 24.4 Å². The Labute approximate surface area is 148 Å². The molecule has 0 radical (unpaired) electrons.